The van der Waals surface area contributed by atoms with Gasteiger partial charge in [-0.25, -0.2) is 4.98 Å². The SMILES string of the molecule is CC1=Cc2c(nc(NC34CC5CC(CC(C5)C3)C4)[nH]c2=O)C1c1ccccc1.N#CC#N. The van der Waals surface area contributed by atoms with Gasteiger partial charge in [-0.15, -0.1) is 0 Å². The quantitative estimate of drug-likeness (QED) is 0.739. The van der Waals surface area contributed by atoms with E-state index in [9.17, 15) is 4.79 Å². The van der Waals surface area contributed by atoms with E-state index in [1.54, 1.807) is 0 Å². The normalized spacial score (nSPS) is 30.9. The van der Waals surface area contributed by atoms with Crippen molar-refractivity contribution >= 4 is 12.0 Å². The van der Waals surface area contributed by atoms with Gasteiger partial charge in [-0.05, 0) is 74.8 Å². The van der Waals surface area contributed by atoms with Gasteiger partial charge in [0.15, 0.2) is 12.1 Å². The molecule has 1 atom stereocenters. The number of benzene rings is 1. The van der Waals surface area contributed by atoms with Crippen LogP contribution in [0.15, 0.2) is 40.7 Å². The van der Waals surface area contributed by atoms with Crippen LogP contribution in [-0.2, 0) is 0 Å². The van der Waals surface area contributed by atoms with Crippen LogP contribution in [-0.4, -0.2) is 15.5 Å². The number of allylic oxidation sites excluding steroid dienone is 1. The first kappa shape index (κ1) is 20.5. The molecule has 162 valence electrons. The lowest BCUT2D eigenvalue weighted by molar-refractivity contribution is 0.0103. The number of H-pyrrole nitrogens is 1. The van der Waals surface area contributed by atoms with E-state index in [1.165, 1.54) is 61.8 Å². The standard InChI is InChI=1S/C24H27N3O.C2N2/c1-14-7-19-21(20(14)18-5-3-2-4-6-18)25-23(26-22(19)28)27-24-11-15-8-16(12-24)10-17(9-15)13-24;3-1-2-4/h2-7,15-17,20H,8-13H2,1H3,(H2,25,26,27,28);. The maximum atomic E-state index is 12.9. The Morgan fingerprint density at radius 2 is 1.62 bits per heavy atom. The van der Waals surface area contributed by atoms with Crippen LogP contribution in [0.5, 0.6) is 0 Å². The Hall–Kier alpha value is -3.38. The molecule has 1 unspecified atom stereocenters. The van der Waals surface area contributed by atoms with Crippen molar-refractivity contribution in [2.75, 3.05) is 5.32 Å². The molecule has 4 bridgehead atoms. The van der Waals surface area contributed by atoms with Crippen molar-refractivity contribution in [3.8, 4) is 12.1 Å². The molecule has 6 nitrogen and oxygen atoms in total. The highest BCUT2D eigenvalue weighted by molar-refractivity contribution is 5.67. The summed E-state index contributed by atoms with van der Waals surface area (Å²) >= 11 is 0. The van der Waals surface area contributed by atoms with Crippen molar-refractivity contribution < 1.29 is 0 Å². The third-order valence-corrected chi connectivity index (χ3v) is 7.69. The Morgan fingerprint density at radius 3 is 2.19 bits per heavy atom. The minimum Gasteiger partial charge on any atom is -0.350 e. The minimum atomic E-state index is -0.0185. The summed E-state index contributed by atoms with van der Waals surface area (Å²) in [6, 6.07) is 12.9. The van der Waals surface area contributed by atoms with E-state index in [0.29, 0.717) is 5.95 Å². The van der Waals surface area contributed by atoms with E-state index in [4.69, 9.17) is 15.5 Å². The van der Waals surface area contributed by atoms with Gasteiger partial charge in [0.05, 0.1) is 11.3 Å². The van der Waals surface area contributed by atoms with Crippen LogP contribution in [0.1, 0.15) is 68.2 Å². The Morgan fingerprint density at radius 1 is 1.03 bits per heavy atom. The molecule has 6 heteroatoms. The Kier molecular flexibility index (Phi) is 5.10. The van der Waals surface area contributed by atoms with Crippen molar-refractivity contribution in [2.24, 2.45) is 17.8 Å². The molecule has 0 amide bonds. The molecule has 4 fully saturated rings. The predicted octanol–water partition coefficient (Wildman–Crippen LogP) is 4.73. The van der Waals surface area contributed by atoms with Gasteiger partial charge in [-0.3, -0.25) is 9.78 Å². The summed E-state index contributed by atoms with van der Waals surface area (Å²) < 4.78 is 0. The summed E-state index contributed by atoms with van der Waals surface area (Å²) in [7, 11) is 0. The molecule has 2 aromatic rings. The van der Waals surface area contributed by atoms with Gasteiger partial charge in [0, 0.05) is 11.5 Å². The molecule has 2 N–H and O–H groups in total. The fourth-order valence-electron chi connectivity index (χ4n) is 7.03. The second kappa shape index (κ2) is 7.95. The fourth-order valence-corrected chi connectivity index (χ4v) is 7.03. The van der Waals surface area contributed by atoms with E-state index in [1.807, 2.05) is 12.1 Å². The lowest BCUT2D eigenvalue weighted by atomic mass is 9.53. The van der Waals surface area contributed by atoms with Crippen molar-refractivity contribution in [3.63, 3.8) is 0 Å². The van der Waals surface area contributed by atoms with Gasteiger partial charge in [0.2, 0.25) is 5.95 Å². The largest absolute Gasteiger partial charge is 0.350 e. The van der Waals surface area contributed by atoms with Gasteiger partial charge < -0.3 is 5.32 Å². The molecule has 4 saturated carbocycles. The number of nitrogens with zero attached hydrogens (tertiary/aromatic N) is 3. The average Bonchev–Trinajstić information content (AvgIpc) is 3.09. The lowest BCUT2D eigenvalue weighted by Crippen LogP contribution is -2.55. The smallest absolute Gasteiger partial charge is 0.259 e. The topological polar surface area (TPSA) is 105 Å². The first-order chi connectivity index (χ1) is 15.5. The zero-order chi connectivity index (χ0) is 22.3. The highest BCUT2D eigenvalue weighted by Crippen LogP contribution is 2.56. The number of fused-ring (bicyclic) bond motifs is 1. The number of aromatic nitrogens is 2. The van der Waals surface area contributed by atoms with E-state index in [2.05, 4.69) is 41.5 Å². The average molecular weight is 426 g/mol. The highest BCUT2D eigenvalue weighted by Gasteiger charge is 2.51. The lowest BCUT2D eigenvalue weighted by Gasteiger charge is -2.57. The maximum absolute atomic E-state index is 12.9. The molecule has 0 aliphatic heterocycles. The molecule has 0 saturated heterocycles. The van der Waals surface area contributed by atoms with Crippen molar-refractivity contribution in [1.29, 1.82) is 10.5 Å². The zero-order valence-electron chi connectivity index (χ0n) is 18.3. The molecule has 5 aliphatic rings. The first-order valence-electron chi connectivity index (χ1n) is 11.4. The predicted molar refractivity (Wildman–Crippen MR) is 123 cm³/mol. The number of anilines is 1. The number of hydrogen-bond donors (Lipinski definition) is 2. The Bertz CT molecular complexity index is 1150. The fraction of sp³-hybridized carbons (Fsp3) is 0.462. The van der Waals surface area contributed by atoms with Crippen molar-refractivity contribution in [1.82, 2.24) is 9.97 Å². The van der Waals surface area contributed by atoms with E-state index >= 15 is 0 Å². The summed E-state index contributed by atoms with van der Waals surface area (Å²) in [5, 5.41) is 18.3. The third-order valence-electron chi connectivity index (χ3n) is 7.69. The monoisotopic (exact) mass is 425 g/mol. The number of nitriles is 2. The molecule has 0 spiro atoms. The third kappa shape index (κ3) is 3.60. The number of rotatable bonds is 3. The van der Waals surface area contributed by atoms with Crippen LogP contribution in [0.4, 0.5) is 5.95 Å². The second-order valence-corrected chi connectivity index (χ2v) is 9.99. The second-order valence-electron chi connectivity index (χ2n) is 9.99. The van der Waals surface area contributed by atoms with Gasteiger partial charge >= 0.3 is 0 Å². The van der Waals surface area contributed by atoms with Gasteiger partial charge in [-0.2, -0.15) is 10.5 Å². The molecular weight excluding hydrogens is 398 g/mol. The molecule has 0 radical (unpaired) electrons. The van der Waals surface area contributed by atoms with E-state index < -0.39 is 0 Å². The molecule has 1 aromatic carbocycles. The van der Waals surface area contributed by atoms with Gasteiger partial charge in [0.25, 0.3) is 5.56 Å². The highest BCUT2D eigenvalue weighted by atomic mass is 16.1. The van der Waals surface area contributed by atoms with Gasteiger partial charge in [-0.1, -0.05) is 35.9 Å². The number of aromatic amines is 1. The summed E-state index contributed by atoms with van der Waals surface area (Å²) in [6.07, 6.45) is 9.95. The maximum Gasteiger partial charge on any atom is 0.259 e. The molecule has 32 heavy (non-hydrogen) atoms. The van der Waals surface area contributed by atoms with Crippen LogP contribution < -0.4 is 10.9 Å². The van der Waals surface area contributed by atoms with Crippen LogP contribution >= 0.6 is 0 Å². The van der Waals surface area contributed by atoms with Crippen molar-refractivity contribution in [3.05, 3.63) is 63.1 Å². The zero-order valence-corrected chi connectivity index (χ0v) is 18.3. The van der Waals surface area contributed by atoms with Gasteiger partial charge in [0.1, 0.15) is 0 Å². The molecule has 1 aromatic heterocycles. The number of hydrogen-bond acceptors (Lipinski definition) is 5. The van der Waals surface area contributed by atoms with E-state index in [-0.39, 0.29) is 17.0 Å². The molecule has 1 heterocycles. The van der Waals surface area contributed by atoms with Crippen molar-refractivity contribution in [2.45, 2.75) is 56.9 Å². The van der Waals surface area contributed by atoms with Crippen LogP contribution in [0, 0.1) is 40.4 Å². The van der Waals surface area contributed by atoms with Crippen LogP contribution in [0.2, 0.25) is 0 Å². The summed E-state index contributed by atoms with van der Waals surface area (Å²) in [5.41, 5.74) is 4.14. The molecule has 7 rings (SSSR count). The Balaban J connectivity index is 0.000000501. The van der Waals surface area contributed by atoms with Crippen LogP contribution in [0.3, 0.4) is 0 Å². The van der Waals surface area contributed by atoms with Crippen LogP contribution in [0.25, 0.3) is 6.08 Å². The molecular formula is C26H27N5O. The summed E-state index contributed by atoms with van der Waals surface area (Å²) in [5.74, 6) is 3.34. The summed E-state index contributed by atoms with van der Waals surface area (Å²) in [6.45, 7) is 2.10. The minimum absolute atomic E-state index is 0.0185. The molecule has 5 aliphatic carbocycles. The van der Waals surface area contributed by atoms with E-state index in [0.717, 1.165) is 29.0 Å². The number of nitrogens with one attached hydrogen (secondary N) is 2. The Labute approximate surface area is 188 Å². The summed E-state index contributed by atoms with van der Waals surface area (Å²) in [4.78, 5) is 20.9. The first-order valence-corrected chi connectivity index (χ1v) is 11.4.